The van der Waals surface area contributed by atoms with Crippen LogP contribution in [0.15, 0.2) is 8.68 Å². The molecule has 0 radical (unpaired) electrons. The summed E-state index contributed by atoms with van der Waals surface area (Å²) in [4.78, 5) is 22.5. The zero-order chi connectivity index (χ0) is 15.9. The molecule has 2 amide bonds. The number of hydrogen-bond acceptors (Lipinski definition) is 10. The summed E-state index contributed by atoms with van der Waals surface area (Å²) >= 11 is 2.58. The van der Waals surface area contributed by atoms with Crippen LogP contribution in [-0.2, 0) is 9.59 Å². The molecule has 22 heavy (non-hydrogen) atoms. The van der Waals surface area contributed by atoms with Crippen molar-refractivity contribution < 1.29 is 9.59 Å². The molecule has 2 rings (SSSR count). The van der Waals surface area contributed by atoms with Crippen LogP contribution in [-0.4, -0.2) is 32.2 Å². The summed E-state index contributed by atoms with van der Waals surface area (Å²) in [5, 5.41) is 22.0. The Hall–Kier alpha value is -1.24. The van der Waals surface area contributed by atoms with Crippen LogP contribution in [0.1, 0.15) is 26.7 Å². The predicted molar refractivity (Wildman–Crippen MR) is 89.4 cm³/mol. The number of rotatable bonds is 7. The van der Waals surface area contributed by atoms with E-state index in [4.69, 9.17) is 0 Å². The third-order valence-electron chi connectivity index (χ3n) is 2.13. The molecular formula is C10H12N6O2S4. The molecule has 0 bridgehead atoms. The van der Waals surface area contributed by atoms with Crippen LogP contribution < -0.4 is 10.6 Å². The predicted octanol–water partition coefficient (Wildman–Crippen LogP) is 2.89. The number of hydrogen-bond donors (Lipinski definition) is 2. The van der Waals surface area contributed by atoms with Crippen LogP contribution in [0, 0.1) is 0 Å². The Morgan fingerprint density at radius 3 is 1.64 bits per heavy atom. The summed E-state index contributed by atoms with van der Waals surface area (Å²) < 4.78 is 1.40. The van der Waals surface area contributed by atoms with E-state index in [1.165, 1.54) is 44.3 Å². The van der Waals surface area contributed by atoms with Gasteiger partial charge in [0.1, 0.15) is 0 Å². The highest BCUT2D eigenvalue weighted by Gasteiger charge is 2.11. The van der Waals surface area contributed by atoms with Crippen LogP contribution in [0.5, 0.6) is 0 Å². The highest BCUT2D eigenvalue weighted by atomic mass is 33.1. The quantitative estimate of drug-likeness (QED) is 0.561. The van der Waals surface area contributed by atoms with E-state index in [9.17, 15) is 9.59 Å². The van der Waals surface area contributed by atoms with E-state index in [0.717, 1.165) is 0 Å². The molecule has 2 heterocycles. The van der Waals surface area contributed by atoms with Gasteiger partial charge in [-0.3, -0.25) is 9.59 Å². The molecule has 0 saturated heterocycles. The van der Waals surface area contributed by atoms with Gasteiger partial charge in [0.05, 0.1) is 0 Å². The minimum Gasteiger partial charge on any atom is -0.301 e. The molecule has 0 unspecified atom stereocenters. The molecule has 2 aromatic heterocycles. The summed E-state index contributed by atoms with van der Waals surface area (Å²) in [6.45, 7) is 3.54. The van der Waals surface area contributed by atoms with Crippen molar-refractivity contribution in [3.05, 3.63) is 0 Å². The van der Waals surface area contributed by atoms with E-state index in [0.29, 0.717) is 31.8 Å². The number of anilines is 2. The largest absolute Gasteiger partial charge is 0.301 e. The molecule has 118 valence electrons. The lowest BCUT2D eigenvalue weighted by Gasteiger charge is -1.95. The lowest BCUT2D eigenvalue weighted by molar-refractivity contribution is -0.116. The van der Waals surface area contributed by atoms with E-state index in [-0.39, 0.29) is 11.8 Å². The van der Waals surface area contributed by atoms with E-state index in [2.05, 4.69) is 31.0 Å². The number of carbonyl (C=O) groups is 2. The molecule has 0 atom stereocenters. The fourth-order valence-corrected chi connectivity index (χ4v) is 4.95. The summed E-state index contributed by atoms with van der Waals surface area (Å²) in [6.07, 6.45) is 0.793. The highest BCUT2D eigenvalue weighted by molar-refractivity contribution is 8.77. The third-order valence-corrected chi connectivity index (χ3v) is 6.76. The number of aromatic nitrogens is 4. The maximum absolute atomic E-state index is 11.3. The molecule has 0 aliphatic heterocycles. The van der Waals surface area contributed by atoms with Crippen molar-refractivity contribution in [1.82, 2.24) is 20.4 Å². The van der Waals surface area contributed by atoms with Gasteiger partial charge >= 0.3 is 0 Å². The zero-order valence-corrected chi connectivity index (χ0v) is 14.9. The minimum atomic E-state index is -0.0965. The lowest BCUT2D eigenvalue weighted by atomic mass is 10.5. The van der Waals surface area contributed by atoms with Crippen molar-refractivity contribution in [2.45, 2.75) is 35.4 Å². The van der Waals surface area contributed by atoms with Crippen LogP contribution in [0.3, 0.4) is 0 Å². The normalized spacial score (nSPS) is 10.5. The Balaban J connectivity index is 1.85. The molecule has 2 aromatic rings. The average Bonchev–Trinajstić information content (AvgIpc) is 3.14. The minimum absolute atomic E-state index is 0.0965. The molecule has 0 aromatic carbocycles. The molecule has 12 heteroatoms. The fraction of sp³-hybridized carbons (Fsp3) is 0.400. The Morgan fingerprint density at radius 1 is 0.864 bits per heavy atom. The van der Waals surface area contributed by atoms with E-state index in [1.807, 2.05) is 0 Å². The topological polar surface area (TPSA) is 110 Å². The smallest absolute Gasteiger partial charge is 0.225 e. The van der Waals surface area contributed by atoms with Gasteiger partial charge in [0.2, 0.25) is 22.1 Å². The second-order valence-electron chi connectivity index (χ2n) is 3.72. The van der Waals surface area contributed by atoms with Gasteiger partial charge in [0.15, 0.2) is 8.68 Å². The van der Waals surface area contributed by atoms with Crippen molar-refractivity contribution in [3.63, 3.8) is 0 Å². The molecule has 0 fully saturated rings. The molecule has 0 aliphatic rings. The Labute approximate surface area is 142 Å². The maximum Gasteiger partial charge on any atom is 0.225 e. The first-order valence-corrected chi connectivity index (χ1v) is 10.00. The van der Waals surface area contributed by atoms with Gasteiger partial charge in [-0.1, -0.05) is 36.5 Å². The first-order chi connectivity index (χ1) is 10.6. The second kappa shape index (κ2) is 8.41. The monoisotopic (exact) mass is 376 g/mol. The van der Waals surface area contributed by atoms with Gasteiger partial charge in [0.25, 0.3) is 0 Å². The van der Waals surface area contributed by atoms with Gasteiger partial charge < -0.3 is 10.6 Å². The lowest BCUT2D eigenvalue weighted by Crippen LogP contribution is -2.08. The SMILES string of the molecule is CCC(=O)Nc1nnc(SSc2nnc(NC(=O)CC)s2)s1. The van der Waals surface area contributed by atoms with E-state index in [1.54, 1.807) is 13.8 Å². The molecule has 0 saturated carbocycles. The number of carbonyl (C=O) groups excluding carboxylic acids is 2. The molecule has 2 N–H and O–H groups in total. The van der Waals surface area contributed by atoms with Crippen molar-refractivity contribution in [3.8, 4) is 0 Å². The zero-order valence-electron chi connectivity index (χ0n) is 11.7. The summed E-state index contributed by atoms with van der Waals surface area (Å²) in [5.74, 6) is -0.193. The van der Waals surface area contributed by atoms with E-state index >= 15 is 0 Å². The van der Waals surface area contributed by atoms with Crippen LogP contribution in [0.25, 0.3) is 0 Å². The van der Waals surface area contributed by atoms with Gasteiger partial charge in [-0.2, -0.15) is 0 Å². The Morgan fingerprint density at radius 2 is 1.27 bits per heavy atom. The van der Waals surface area contributed by atoms with Crippen LogP contribution >= 0.6 is 44.3 Å². The molecule has 0 spiro atoms. The van der Waals surface area contributed by atoms with Crippen LogP contribution in [0.2, 0.25) is 0 Å². The van der Waals surface area contributed by atoms with Crippen LogP contribution in [0.4, 0.5) is 10.3 Å². The van der Waals surface area contributed by atoms with E-state index < -0.39 is 0 Å². The maximum atomic E-state index is 11.3. The average molecular weight is 377 g/mol. The fourth-order valence-electron chi connectivity index (χ4n) is 1.07. The molecule has 8 nitrogen and oxygen atoms in total. The number of amides is 2. The Bertz CT molecular complexity index is 601. The van der Waals surface area contributed by atoms with Gasteiger partial charge in [-0.15, -0.1) is 20.4 Å². The molecular weight excluding hydrogens is 364 g/mol. The van der Waals surface area contributed by atoms with Crippen molar-refractivity contribution in [1.29, 1.82) is 0 Å². The van der Waals surface area contributed by atoms with Crippen molar-refractivity contribution in [2.75, 3.05) is 10.6 Å². The summed E-state index contributed by atoms with van der Waals surface area (Å²) in [7, 11) is 2.74. The summed E-state index contributed by atoms with van der Waals surface area (Å²) in [5.41, 5.74) is 0. The molecule has 0 aliphatic carbocycles. The first-order valence-electron chi connectivity index (χ1n) is 6.22. The summed E-state index contributed by atoms with van der Waals surface area (Å²) in [6, 6.07) is 0. The number of nitrogens with one attached hydrogen (secondary N) is 2. The van der Waals surface area contributed by atoms with Crippen molar-refractivity contribution in [2.24, 2.45) is 0 Å². The first kappa shape index (κ1) is 17.1. The standard InChI is InChI=1S/C10H12N6O2S4/c1-3-5(17)11-7-13-15-9(19-7)21-22-10-16-14-8(20-10)12-6(18)4-2/h3-4H2,1-2H3,(H,11,13,17)(H,12,14,18). The van der Waals surface area contributed by atoms with Gasteiger partial charge in [-0.25, -0.2) is 0 Å². The Kier molecular flexibility index (Phi) is 6.54. The highest BCUT2D eigenvalue weighted by Crippen LogP contribution is 2.41. The third kappa shape index (κ3) is 5.19. The second-order valence-corrected chi connectivity index (χ2v) is 8.29. The van der Waals surface area contributed by atoms with Crippen molar-refractivity contribution >= 4 is 66.3 Å². The van der Waals surface area contributed by atoms with Gasteiger partial charge in [-0.05, 0) is 21.6 Å². The number of nitrogens with zero attached hydrogens (tertiary/aromatic N) is 4. The van der Waals surface area contributed by atoms with Gasteiger partial charge in [0, 0.05) is 12.8 Å².